The maximum Gasteiger partial charge on any atom is 0.0593 e. The van der Waals surface area contributed by atoms with Crippen molar-refractivity contribution < 1.29 is 0 Å². The molecule has 0 saturated carbocycles. The fourth-order valence-electron chi connectivity index (χ4n) is 2.21. The molecule has 0 fully saturated rings. The molecule has 0 spiro atoms. The Hall–Kier alpha value is -0.720. The first-order valence-corrected chi connectivity index (χ1v) is 7.26. The van der Waals surface area contributed by atoms with Crippen molar-refractivity contribution in [3.05, 3.63) is 47.0 Å². The second kappa shape index (κ2) is 5.95. The fraction of sp³-hybridized carbons (Fsp3) is 0.375. The van der Waals surface area contributed by atoms with E-state index >= 15 is 0 Å². The quantitative estimate of drug-likeness (QED) is 0.584. The predicted molar refractivity (Wildman–Crippen MR) is 81.6 cm³/mol. The molecule has 18 heavy (non-hydrogen) atoms. The van der Waals surface area contributed by atoms with Crippen molar-refractivity contribution in [2.45, 2.75) is 32.1 Å². The molecule has 0 nitrogen and oxygen atoms in total. The lowest BCUT2D eigenvalue weighted by molar-refractivity contribution is 0.509. The van der Waals surface area contributed by atoms with Gasteiger partial charge in [0.2, 0.25) is 0 Å². The van der Waals surface area contributed by atoms with Crippen LogP contribution in [0.1, 0.15) is 37.6 Å². The monoisotopic (exact) mass is 280 g/mol. The number of benzene rings is 2. The summed E-state index contributed by atoms with van der Waals surface area (Å²) >= 11 is 12.8. The molecular weight excluding hydrogens is 263 g/mol. The first-order chi connectivity index (χ1) is 8.63. The molecule has 0 aliphatic heterocycles. The predicted octanol–water partition coefficient (Wildman–Crippen LogP) is 6.21. The fourth-order valence-corrected chi connectivity index (χ4v) is 2.93. The Morgan fingerprint density at radius 2 is 1.72 bits per heavy atom. The Labute approximate surface area is 119 Å². The molecule has 96 valence electrons. The molecule has 2 heteroatoms. The van der Waals surface area contributed by atoms with E-state index in [2.05, 4.69) is 26.0 Å². The van der Waals surface area contributed by atoms with Crippen LogP contribution in [0.4, 0.5) is 0 Å². The van der Waals surface area contributed by atoms with Crippen molar-refractivity contribution >= 4 is 34.0 Å². The molecule has 0 amide bonds. The molecule has 0 aliphatic carbocycles. The van der Waals surface area contributed by atoms with E-state index in [1.807, 2.05) is 24.3 Å². The van der Waals surface area contributed by atoms with Gasteiger partial charge < -0.3 is 0 Å². The van der Waals surface area contributed by atoms with Gasteiger partial charge in [-0.15, -0.1) is 11.6 Å². The number of rotatable bonds is 4. The van der Waals surface area contributed by atoms with Crippen molar-refractivity contribution in [1.82, 2.24) is 0 Å². The van der Waals surface area contributed by atoms with Gasteiger partial charge in [-0.2, -0.15) is 0 Å². The summed E-state index contributed by atoms with van der Waals surface area (Å²) in [5, 5.41) is 3.11. The van der Waals surface area contributed by atoms with Gasteiger partial charge in [-0.05, 0) is 29.4 Å². The van der Waals surface area contributed by atoms with E-state index in [1.165, 1.54) is 10.9 Å². The Balaban J connectivity index is 2.42. The molecule has 2 aromatic rings. The summed E-state index contributed by atoms with van der Waals surface area (Å²) in [5.41, 5.74) is 1.19. The third kappa shape index (κ3) is 2.81. The SMILES string of the molecule is CCC(C)CC(Cl)c1ccc(Cl)c2ccccc12. The molecule has 0 aromatic heterocycles. The van der Waals surface area contributed by atoms with Gasteiger partial charge in [0.25, 0.3) is 0 Å². The summed E-state index contributed by atoms with van der Waals surface area (Å²) in [6.07, 6.45) is 2.17. The first kappa shape index (κ1) is 13.7. The molecular formula is C16H18Cl2. The summed E-state index contributed by atoms with van der Waals surface area (Å²) in [6.45, 7) is 4.45. The van der Waals surface area contributed by atoms with Crippen LogP contribution in [-0.4, -0.2) is 0 Å². The minimum absolute atomic E-state index is 0.0575. The Morgan fingerprint density at radius 1 is 1.06 bits per heavy atom. The highest BCUT2D eigenvalue weighted by molar-refractivity contribution is 6.35. The van der Waals surface area contributed by atoms with Gasteiger partial charge in [0.15, 0.2) is 0 Å². The third-order valence-corrected chi connectivity index (χ3v) is 4.29. The van der Waals surface area contributed by atoms with E-state index in [-0.39, 0.29) is 5.38 Å². The Kier molecular flexibility index (Phi) is 4.53. The van der Waals surface area contributed by atoms with Crippen LogP contribution in [-0.2, 0) is 0 Å². The van der Waals surface area contributed by atoms with Gasteiger partial charge >= 0.3 is 0 Å². The number of alkyl halides is 1. The molecule has 2 atom stereocenters. The third-order valence-electron chi connectivity index (χ3n) is 3.55. The minimum atomic E-state index is 0.0575. The second-order valence-corrected chi connectivity index (χ2v) is 5.83. The van der Waals surface area contributed by atoms with Crippen molar-refractivity contribution in [2.24, 2.45) is 5.92 Å². The summed E-state index contributed by atoms with van der Waals surface area (Å²) < 4.78 is 0. The van der Waals surface area contributed by atoms with Gasteiger partial charge in [-0.1, -0.05) is 62.2 Å². The maximum atomic E-state index is 6.57. The van der Waals surface area contributed by atoms with Gasteiger partial charge in [-0.25, -0.2) is 0 Å². The van der Waals surface area contributed by atoms with Gasteiger partial charge in [0, 0.05) is 10.4 Å². The number of halogens is 2. The average Bonchev–Trinajstić information content (AvgIpc) is 2.39. The number of hydrogen-bond donors (Lipinski definition) is 0. The molecule has 0 bridgehead atoms. The standard InChI is InChI=1S/C16H18Cl2/c1-3-11(2)10-16(18)14-8-9-15(17)13-7-5-4-6-12(13)14/h4-9,11,16H,3,10H2,1-2H3. The lowest BCUT2D eigenvalue weighted by Crippen LogP contribution is -2.00. The largest absolute Gasteiger partial charge is 0.118 e. The molecule has 0 N–H and O–H groups in total. The maximum absolute atomic E-state index is 6.57. The molecule has 0 radical (unpaired) electrons. The lowest BCUT2D eigenvalue weighted by atomic mass is 9.95. The van der Waals surface area contributed by atoms with E-state index in [1.54, 1.807) is 0 Å². The summed E-state index contributed by atoms with van der Waals surface area (Å²) in [5.74, 6) is 0.641. The molecule has 0 aliphatic rings. The van der Waals surface area contributed by atoms with Crippen molar-refractivity contribution in [1.29, 1.82) is 0 Å². The number of hydrogen-bond acceptors (Lipinski definition) is 0. The number of fused-ring (bicyclic) bond motifs is 1. The topological polar surface area (TPSA) is 0 Å². The van der Waals surface area contributed by atoms with Gasteiger partial charge in [0.05, 0.1) is 5.38 Å². The van der Waals surface area contributed by atoms with Crippen LogP contribution in [0.3, 0.4) is 0 Å². The summed E-state index contributed by atoms with van der Waals surface area (Å²) in [6, 6.07) is 12.2. The normalized spacial score (nSPS) is 14.7. The zero-order valence-electron chi connectivity index (χ0n) is 10.8. The molecule has 2 rings (SSSR count). The van der Waals surface area contributed by atoms with Crippen LogP contribution in [0.5, 0.6) is 0 Å². The Bertz CT molecular complexity index is 534. The highest BCUT2D eigenvalue weighted by atomic mass is 35.5. The highest BCUT2D eigenvalue weighted by Gasteiger charge is 2.15. The highest BCUT2D eigenvalue weighted by Crippen LogP contribution is 2.36. The summed E-state index contributed by atoms with van der Waals surface area (Å²) in [7, 11) is 0. The van der Waals surface area contributed by atoms with E-state index in [0.717, 1.165) is 23.3 Å². The van der Waals surface area contributed by atoms with Crippen LogP contribution in [0.2, 0.25) is 5.02 Å². The zero-order chi connectivity index (χ0) is 13.1. The smallest absolute Gasteiger partial charge is 0.0593 e. The minimum Gasteiger partial charge on any atom is -0.118 e. The molecule has 0 heterocycles. The average molecular weight is 281 g/mol. The first-order valence-electron chi connectivity index (χ1n) is 6.44. The van der Waals surface area contributed by atoms with Crippen molar-refractivity contribution in [3.8, 4) is 0 Å². The van der Waals surface area contributed by atoms with Gasteiger partial charge in [-0.3, -0.25) is 0 Å². The van der Waals surface area contributed by atoms with Crippen LogP contribution in [0.15, 0.2) is 36.4 Å². The van der Waals surface area contributed by atoms with Gasteiger partial charge in [0.1, 0.15) is 0 Å². The van der Waals surface area contributed by atoms with Crippen molar-refractivity contribution in [2.75, 3.05) is 0 Å². The zero-order valence-corrected chi connectivity index (χ0v) is 12.3. The van der Waals surface area contributed by atoms with E-state index in [4.69, 9.17) is 23.2 Å². The van der Waals surface area contributed by atoms with E-state index in [0.29, 0.717) is 5.92 Å². The lowest BCUT2D eigenvalue weighted by Gasteiger charge is -2.17. The van der Waals surface area contributed by atoms with Crippen LogP contribution in [0.25, 0.3) is 10.8 Å². The molecule has 2 aromatic carbocycles. The molecule has 0 saturated heterocycles. The van der Waals surface area contributed by atoms with Crippen LogP contribution < -0.4 is 0 Å². The van der Waals surface area contributed by atoms with Crippen molar-refractivity contribution in [3.63, 3.8) is 0 Å². The van der Waals surface area contributed by atoms with Crippen LogP contribution in [0, 0.1) is 5.92 Å². The van der Waals surface area contributed by atoms with E-state index < -0.39 is 0 Å². The summed E-state index contributed by atoms with van der Waals surface area (Å²) in [4.78, 5) is 0. The second-order valence-electron chi connectivity index (χ2n) is 4.90. The Morgan fingerprint density at radius 3 is 2.39 bits per heavy atom. The molecule has 2 unspecified atom stereocenters. The van der Waals surface area contributed by atoms with E-state index in [9.17, 15) is 0 Å². The van der Waals surface area contributed by atoms with Crippen LogP contribution >= 0.6 is 23.2 Å².